The van der Waals surface area contributed by atoms with E-state index in [4.69, 9.17) is 5.73 Å². The van der Waals surface area contributed by atoms with Crippen molar-refractivity contribution in [2.24, 2.45) is 28.9 Å². The lowest BCUT2D eigenvalue weighted by atomic mass is 9.49. The van der Waals surface area contributed by atoms with E-state index >= 15 is 0 Å². The van der Waals surface area contributed by atoms with Crippen LogP contribution in [0.1, 0.15) is 64.2 Å². The average Bonchev–Trinajstić information content (AvgIpc) is 2.31. The van der Waals surface area contributed by atoms with Crippen molar-refractivity contribution in [1.29, 1.82) is 0 Å². The zero-order valence-electron chi connectivity index (χ0n) is 12.5. The lowest BCUT2D eigenvalue weighted by molar-refractivity contribution is -0.129. The highest BCUT2D eigenvalue weighted by Crippen LogP contribution is 2.61. The Balaban J connectivity index is 1.35. The van der Waals surface area contributed by atoms with Gasteiger partial charge in [0, 0.05) is 18.5 Å². The number of hydrogen-bond acceptors (Lipinski definition) is 2. The topological polar surface area (TPSA) is 55.1 Å². The van der Waals surface area contributed by atoms with Crippen LogP contribution in [0.25, 0.3) is 0 Å². The summed E-state index contributed by atoms with van der Waals surface area (Å²) in [5.74, 6) is 3.06. The van der Waals surface area contributed by atoms with Crippen LogP contribution in [0.15, 0.2) is 0 Å². The molecule has 0 heterocycles. The molecule has 0 unspecified atom stereocenters. The molecule has 3 N–H and O–H groups in total. The van der Waals surface area contributed by atoms with Crippen LogP contribution in [0.2, 0.25) is 0 Å². The molecule has 20 heavy (non-hydrogen) atoms. The second kappa shape index (κ2) is 4.46. The van der Waals surface area contributed by atoms with Gasteiger partial charge in [-0.2, -0.15) is 0 Å². The SMILES string of the molecule is NC1(CNC(=O)CC23CC4CC(CC(C4)C2)C3)CCC1. The van der Waals surface area contributed by atoms with Crippen LogP contribution in [0.4, 0.5) is 0 Å². The molecule has 0 atom stereocenters. The van der Waals surface area contributed by atoms with Crippen molar-refractivity contribution in [2.45, 2.75) is 69.7 Å². The van der Waals surface area contributed by atoms with Crippen molar-refractivity contribution in [1.82, 2.24) is 5.32 Å². The number of amides is 1. The predicted molar refractivity (Wildman–Crippen MR) is 79.0 cm³/mol. The van der Waals surface area contributed by atoms with E-state index in [9.17, 15) is 4.79 Å². The van der Waals surface area contributed by atoms with E-state index in [1.807, 2.05) is 0 Å². The van der Waals surface area contributed by atoms with Gasteiger partial charge in [0.05, 0.1) is 0 Å². The number of nitrogens with two attached hydrogens (primary N) is 1. The summed E-state index contributed by atoms with van der Waals surface area (Å²) >= 11 is 0. The molecule has 4 bridgehead atoms. The maximum atomic E-state index is 12.3. The average molecular weight is 276 g/mol. The number of carbonyl (C=O) groups is 1. The molecule has 3 nitrogen and oxygen atoms in total. The minimum atomic E-state index is -0.0862. The molecule has 0 aromatic rings. The summed E-state index contributed by atoms with van der Waals surface area (Å²) < 4.78 is 0. The molecule has 0 aliphatic heterocycles. The zero-order chi connectivity index (χ0) is 13.8. The Morgan fingerprint density at radius 3 is 2.05 bits per heavy atom. The lowest BCUT2D eigenvalue weighted by Crippen LogP contribution is -2.55. The highest BCUT2D eigenvalue weighted by Gasteiger charge is 2.51. The van der Waals surface area contributed by atoms with Gasteiger partial charge in [-0.25, -0.2) is 0 Å². The van der Waals surface area contributed by atoms with Crippen LogP contribution in [0, 0.1) is 23.2 Å². The molecule has 5 fully saturated rings. The smallest absolute Gasteiger partial charge is 0.220 e. The van der Waals surface area contributed by atoms with E-state index in [-0.39, 0.29) is 11.4 Å². The van der Waals surface area contributed by atoms with Gasteiger partial charge in [0.2, 0.25) is 5.91 Å². The largest absolute Gasteiger partial charge is 0.354 e. The molecular weight excluding hydrogens is 248 g/mol. The molecule has 1 amide bonds. The molecule has 3 heteroatoms. The Kier molecular flexibility index (Phi) is 2.93. The molecule has 0 saturated heterocycles. The fraction of sp³-hybridized carbons (Fsp3) is 0.941. The quantitative estimate of drug-likeness (QED) is 0.829. The molecule has 0 radical (unpaired) electrons. The van der Waals surface area contributed by atoms with E-state index in [0.717, 1.165) is 37.0 Å². The van der Waals surface area contributed by atoms with Gasteiger partial charge in [-0.1, -0.05) is 0 Å². The van der Waals surface area contributed by atoms with Crippen LogP contribution in [-0.4, -0.2) is 18.0 Å². The van der Waals surface area contributed by atoms with Crippen LogP contribution < -0.4 is 11.1 Å². The van der Waals surface area contributed by atoms with Gasteiger partial charge in [-0.15, -0.1) is 0 Å². The second-order valence-electron chi connectivity index (χ2n) is 8.59. The number of hydrogen-bond donors (Lipinski definition) is 2. The lowest BCUT2D eigenvalue weighted by Gasteiger charge is -2.56. The summed E-state index contributed by atoms with van der Waals surface area (Å²) in [4.78, 5) is 12.3. The van der Waals surface area contributed by atoms with Crippen molar-refractivity contribution in [3.63, 3.8) is 0 Å². The normalized spacial score (nSPS) is 44.1. The first-order chi connectivity index (χ1) is 9.54. The molecule has 5 aliphatic carbocycles. The number of carbonyl (C=O) groups excluding carboxylic acids is 1. The molecule has 112 valence electrons. The molecule has 0 aromatic heterocycles. The van der Waals surface area contributed by atoms with Gasteiger partial charge in [-0.3, -0.25) is 4.79 Å². The standard InChI is InChI=1S/C17H28N2O/c18-17(2-1-3-17)11-19-15(20)10-16-7-12-4-13(8-16)6-14(5-12)9-16/h12-14H,1-11,18H2,(H,19,20). The van der Waals surface area contributed by atoms with Crippen LogP contribution in [0.3, 0.4) is 0 Å². The van der Waals surface area contributed by atoms with E-state index in [1.54, 1.807) is 0 Å². The summed E-state index contributed by atoms with van der Waals surface area (Å²) in [5, 5.41) is 3.14. The van der Waals surface area contributed by atoms with Crippen molar-refractivity contribution >= 4 is 5.91 Å². The van der Waals surface area contributed by atoms with Gasteiger partial charge >= 0.3 is 0 Å². The Bertz CT molecular complexity index is 378. The van der Waals surface area contributed by atoms with E-state index in [0.29, 0.717) is 12.0 Å². The summed E-state index contributed by atoms with van der Waals surface area (Å²) in [6.07, 6.45) is 12.5. The molecule has 0 spiro atoms. The summed E-state index contributed by atoms with van der Waals surface area (Å²) in [6, 6.07) is 0. The summed E-state index contributed by atoms with van der Waals surface area (Å²) in [5.41, 5.74) is 6.47. The first-order valence-electron chi connectivity index (χ1n) is 8.60. The maximum absolute atomic E-state index is 12.3. The highest BCUT2D eigenvalue weighted by atomic mass is 16.1. The summed E-state index contributed by atoms with van der Waals surface area (Å²) in [6.45, 7) is 0.693. The van der Waals surface area contributed by atoms with Crippen LogP contribution >= 0.6 is 0 Å². The zero-order valence-corrected chi connectivity index (χ0v) is 12.5. The second-order valence-corrected chi connectivity index (χ2v) is 8.59. The van der Waals surface area contributed by atoms with E-state index in [2.05, 4.69) is 5.32 Å². The third-order valence-corrected chi connectivity index (χ3v) is 6.69. The van der Waals surface area contributed by atoms with E-state index < -0.39 is 0 Å². The molecule has 5 rings (SSSR count). The Labute approximate surface area is 122 Å². The maximum Gasteiger partial charge on any atom is 0.220 e. The van der Waals surface area contributed by atoms with E-state index in [1.165, 1.54) is 44.9 Å². The monoisotopic (exact) mass is 276 g/mol. The molecular formula is C17H28N2O. The van der Waals surface area contributed by atoms with Crippen molar-refractivity contribution in [3.05, 3.63) is 0 Å². The molecule has 0 aromatic carbocycles. The summed E-state index contributed by atoms with van der Waals surface area (Å²) in [7, 11) is 0. The fourth-order valence-corrected chi connectivity index (χ4v) is 5.99. The third kappa shape index (κ3) is 2.28. The highest BCUT2D eigenvalue weighted by molar-refractivity contribution is 5.76. The first kappa shape index (κ1) is 13.1. The fourth-order valence-electron chi connectivity index (χ4n) is 5.99. The number of nitrogens with one attached hydrogen (secondary N) is 1. The van der Waals surface area contributed by atoms with Crippen LogP contribution in [0.5, 0.6) is 0 Å². The van der Waals surface area contributed by atoms with Crippen molar-refractivity contribution < 1.29 is 4.79 Å². The van der Waals surface area contributed by atoms with Crippen molar-refractivity contribution in [3.8, 4) is 0 Å². The van der Waals surface area contributed by atoms with Gasteiger partial charge in [0.25, 0.3) is 0 Å². The minimum Gasteiger partial charge on any atom is -0.354 e. The Morgan fingerprint density at radius 1 is 1.05 bits per heavy atom. The predicted octanol–water partition coefficient (Wildman–Crippen LogP) is 2.59. The third-order valence-electron chi connectivity index (χ3n) is 6.69. The van der Waals surface area contributed by atoms with Gasteiger partial charge in [-0.05, 0) is 81.0 Å². The minimum absolute atomic E-state index is 0.0862. The van der Waals surface area contributed by atoms with Gasteiger partial charge in [0.15, 0.2) is 0 Å². The molecule has 5 saturated carbocycles. The Hall–Kier alpha value is -0.570. The van der Waals surface area contributed by atoms with Crippen LogP contribution in [-0.2, 0) is 4.79 Å². The van der Waals surface area contributed by atoms with Gasteiger partial charge in [0.1, 0.15) is 0 Å². The Morgan fingerprint density at radius 2 is 1.60 bits per heavy atom. The van der Waals surface area contributed by atoms with Gasteiger partial charge < -0.3 is 11.1 Å². The number of rotatable bonds is 4. The van der Waals surface area contributed by atoms with Crippen molar-refractivity contribution in [2.75, 3.05) is 6.54 Å². The first-order valence-corrected chi connectivity index (χ1v) is 8.60. The molecule has 5 aliphatic rings.